The van der Waals surface area contributed by atoms with Crippen molar-refractivity contribution >= 4 is 35.1 Å². The number of hydrogen-bond donors (Lipinski definition) is 2. The van der Waals surface area contributed by atoms with E-state index in [2.05, 4.69) is 0 Å². The van der Waals surface area contributed by atoms with Crippen LogP contribution in [0.25, 0.3) is 0 Å². The van der Waals surface area contributed by atoms with Crippen LogP contribution in [0.4, 0.5) is 0 Å². The van der Waals surface area contributed by atoms with Crippen molar-refractivity contribution in [3.05, 3.63) is 40.1 Å². The fourth-order valence-corrected chi connectivity index (χ4v) is 1.37. The molecule has 0 aliphatic heterocycles. The third-order valence-corrected chi connectivity index (χ3v) is 2.11. The van der Waals surface area contributed by atoms with Crippen molar-refractivity contribution in [2.75, 3.05) is 0 Å². The molecule has 0 bridgehead atoms. The van der Waals surface area contributed by atoms with Crippen molar-refractivity contribution < 1.29 is 24.5 Å². The van der Waals surface area contributed by atoms with Crippen LogP contribution in [-0.4, -0.2) is 22.2 Å². The van der Waals surface area contributed by atoms with Gasteiger partial charge in [0.25, 0.3) is 0 Å². The van der Waals surface area contributed by atoms with Crippen LogP contribution >= 0.6 is 23.2 Å². The van der Waals surface area contributed by atoms with Gasteiger partial charge < -0.3 is 14.9 Å². The number of rotatable bonds is 4. The Bertz CT molecular complexity index is 495. The molecule has 0 unspecified atom stereocenters. The summed E-state index contributed by atoms with van der Waals surface area (Å²) in [4.78, 5) is 21.1. The van der Waals surface area contributed by atoms with Crippen LogP contribution in [0.1, 0.15) is 0 Å². The predicted molar refractivity (Wildman–Crippen MR) is 60.4 cm³/mol. The average Bonchev–Trinajstić information content (AvgIpc) is 2.19. The fraction of sp³-hybridized carbons (Fsp3) is 0. The molecule has 2 N–H and O–H groups in total. The summed E-state index contributed by atoms with van der Waals surface area (Å²) in [5.41, 5.74) is 0. The van der Waals surface area contributed by atoms with Crippen LogP contribution in [0, 0.1) is 0 Å². The summed E-state index contributed by atoms with van der Waals surface area (Å²) in [6.07, 6.45) is 0.424. The first-order valence-corrected chi connectivity index (χ1v) is 4.96. The van der Waals surface area contributed by atoms with E-state index in [1.165, 1.54) is 18.2 Å². The van der Waals surface area contributed by atoms with E-state index < -0.39 is 17.7 Å². The third kappa shape index (κ3) is 3.97. The minimum atomic E-state index is -1.52. The molecule has 0 saturated carbocycles. The molecule has 0 saturated heterocycles. The van der Waals surface area contributed by atoms with Gasteiger partial charge in [-0.05, 0) is 18.2 Å². The van der Waals surface area contributed by atoms with Crippen LogP contribution < -0.4 is 4.74 Å². The zero-order chi connectivity index (χ0) is 13.0. The number of benzene rings is 1. The molecule has 7 heteroatoms. The van der Waals surface area contributed by atoms with E-state index in [0.29, 0.717) is 11.1 Å². The summed E-state index contributed by atoms with van der Waals surface area (Å²) in [6.45, 7) is 0. The van der Waals surface area contributed by atoms with Crippen molar-refractivity contribution in [1.29, 1.82) is 0 Å². The molecule has 5 nitrogen and oxygen atoms in total. The number of carboxylic acid groups (broad SMARTS) is 2. The van der Waals surface area contributed by atoms with Crippen molar-refractivity contribution in [2.45, 2.75) is 0 Å². The van der Waals surface area contributed by atoms with Crippen LogP contribution in [0.5, 0.6) is 5.75 Å². The molecule has 0 radical (unpaired) electrons. The standard InChI is InChI=1S/C10H6Cl2O5/c11-5-1-2-7(6(12)3-5)17-8(10(15)16)4-9(13)14/h1-4H,(H,13,14)(H,15,16). The van der Waals surface area contributed by atoms with Gasteiger partial charge in [-0.2, -0.15) is 0 Å². The second-order valence-corrected chi connectivity index (χ2v) is 3.67. The molecule has 17 heavy (non-hydrogen) atoms. The minimum absolute atomic E-state index is 0.00552. The van der Waals surface area contributed by atoms with Crippen LogP contribution in [0.3, 0.4) is 0 Å². The summed E-state index contributed by atoms with van der Waals surface area (Å²) in [6, 6.07) is 4.12. The molecule has 1 rings (SSSR count). The third-order valence-electron chi connectivity index (χ3n) is 1.58. The summed E-state index contributed by atoms with van der Waals surface area (Å²) in [5, 5.41) is 17.6. The van der Waals surface area contributed by atoms with E-state index in [-0.39, 0.29) is 10.8 Å². The number of ether oxygens (including phenoxy) is 1. The van der Waals surface area contributed by atoms with Crippen LogP contribution in [0.2, 0.25) is 10.0 Å². The Balaban J connectivity index is 3.02. The largest absolute Gasteiger partial charge is 0.478 e. The zero-order valence-corrected chi connectivity index (χ0v) is 9.70. The maximum atomic E-state index is 10.7. The van der Waals surface area contributed by atoms with E-state index in [1.807, 2.05) is 0 Å². The first kappa shape index (κ1) is 13.3. The molecular weight excluding hydrogens is 271 g/mol. The van der Waals surface area contributed by atoms with Crippen LogP contribution in [0.15, 0.2) is 30.0 Å². The molecule has 0 aliphatic carbocycles. The van der Waals surface area contributed by atoms with Gasteiger partial charge >= 0.3 is 11.9 Å². The Labute approximate surface area is 106 Å². The maximum Gasteiger partial charge on any atom is 0.372 e. The number of aliphatic carboxylic acids is 2. The normalized spacial score (nSPS) is 11.1. The highest BCUT2D eigenvalue weighted by Gasteiger charge is 2.14. The van der Waals surface area contributed by atoms with Crippen LogP contribution in [-0.2, 0) is 9.59 Å². The molecule has 1 aromatic carbocycles. The van der Waals surface area contributed by atoms with Gasteiger partial charge in [0.2, 0.25) is 5.76 Å². The van der Waals surface area contributed by atoms with Gasteiger partial charge in [0.15, 0.2) is 0 Å². The molecule has 0 spiro atoms. The SMILES string of the molecule is O=C(O)C=C(Oc1ccc(Cl)cc1Cl)C(=O)O. The van der Waals surface area contributed by atoms with Gasteiger partial charge in [0.1, 0.15) is 5.75 Å². The minimum Gasteiger partial charge on any atom is -0.478 e. The highest BCUT2D eigenvalue weighted by molar-refractivity contribution is 6.35. The molecular formula is C10H6Cl2O5. The lowest BCUT2D eigenvalue weighted by molar-refractivity contribution is -0.137. The monoisotopic (exact) mass is 276 g/mol. The summed E-state index contributed by atoms with van der Waals surface area (Å²) in [7, 11) is 0. The highest BCUT2D eigenvalue weighted by atomic mass is 35.5. The van der Waals surface area contributed by atoms with E-state index in [0.717, 1.165) is 0 Å². The van der Waals surface area contributed by atoms with Gasteiger partial charge in [0.05, 0.1) is 11.1 Å². The van der Waals surface area contributed by atoms with E-state index >= 15 is 0 Å². The lowest BCUT2D eigenvalue weighted by Gasteiger charge is -2.07. The lowest BCUT2D eigenvalue weighted by atomic mass is 10.3. The Morgan fingerprint density at radius 1 is 1.24 bits per heavy atom. The molecule has 0 aromatic heterocycles. The first-order chi connectivity index (χ1) is 7.90. The first-order valence-electron chi connectivity index (χ1n) is 4.21. The Morgan fingerprint density at radius 2 is 1.88 bits per heavy atom. The van der Waals surface area contributed by atoms with Gasteiger partial charge in [-0.15, -0.1) is 0 Å². The molecule has 0 aliphatic rings. The Kier molecular flexibility index (Phi) is 4.37. The van der Waals surface area contributed by atoms with Crippen molar-refractivity contribution in [3.8, 4) is 5.75 Å². The summed E-state index contributed by atoms with van der Waals surface area (Å²) < 4.78 is 4.86. The molecule has 1 aromatic rings. The fourth-order valence-electron chi connectivity index (χ4n) is 0.923. The smallest absolute Gasteiger partial charge is 0.372 e. The Morgan fingerprint density at radius 3 is 2.35 bits per heavy atom. The lowest BCUT2D eigenvalue weighted by Crippen LogP contribution is -2.10. The van der Waals surface area contributed by atoms with Gasteiger partial charge in [-0.25, -0.2) is 9.59 Å². The van der Waals surface area contributed by atoms with Gasteiger partial charge in [-0.1, -0.05) is 23.2 Å². The summed E-state index contributed by atoms with van der Waals surface area (Å²) in [5.74, 6) is -3.70. The predicted octanol–water partition coefficient (Wildman–Crippen LogP) is 2.43. The topological polar surface area (TPSA) is 83.8 Å². The second kappa shape index (κ2) is 5.56. The Hall–Kier alpha value is -1.72. The van der Waals surface area contributed by atoms with E-state index in [1.54, 1.807) is 0 Å². The molecule has 0 heterocycles. The molecule has 0 atom stereocenters. The number of halogens is 2. The van der Waals surface area contributed by atoms with E-state index in [4.69, 9.17) is 38.2 Å². The molecule has 0 fully saturated rings. The quantitative estimate of drug-likeness (QED) is 0.652. The van der Waals surface area contributed by atoms with E-state index in [9.17, 15) is 9.59 Å². The van der Waals surface area contributed by atoms with Gasteiger partial charge in [-0.3, -0.25) is 0 Å². The number of carboxylic acids is 2. The van der Waals surface area contributed by atoms with Crippen molar-refractivity contribution in [2.24, 2.45) is 0 Å². The summed E-state index contributed by atoms with van der Waals surface area (Å²) >= 11 is 11.4. The highest BCUT2D eigenvalue weighted by Crippen LogP contribution is 2.28. The van der Waals surface area contributed by atoms with Gasteiger partial charge in [0, 0.05) is 5.02 Å². The molecule has 90 valence electrons. The number of hydrogen-bond acceptors (Lipinski definition) is 3. The molecule has 0 amide bonds. The van der Waals surface area contributed by atoms with Crippen molar-refractivity contribution in [3.63, 3.8) is 0 Å². The number of carbonyl (C=O) groups is 2. The maximum absolute atomic E-state index is 10.7. The van der Waals surface area contributed by atoms with Crippen molar-refractivity contribution in [1.82, 2.24) is 0 Å². The second-order valence-electron chi connectivity index (χ2n) is 2.83. The zero-order valence-electron chi connectivity index (χ0n) is 8.18. The average molecular weight is 277 g/mol.